The summed E-state index contributed by atoms with van der Waals surface area (Å²) >= 11 is 0. The van der Waals surface area contributed by atoms with Crippen molar-refractivity contribution in [3.8, 4) is 0 Å². The number of nitrogens with one attached hydrogen (secondary N) is 1. The van der Waals surface area contributed by atoms with Gasteiger partial charge in [0.2, 0.25) is 0 Å². The second-order valence-electron chi connectivity index (χ2n) is 5.15. The maximum atomic E-state index is 5.28. The SMILES string of the molecule is COCc1ccccc1N1CC2CNCC2C1.Cl.Cl. The Bertz CT molecular complexity index is 391. The van der Waals surface area contributed by atoms with E-state index >= 15 is 0 Å². The third-order valence-electron chi connectivity index (χ3n) is 4.02. The van der Waals surface area contributed by atoms with Crippen LogP contribution in [0.5, 0.6) is 0 Å². The molecule has 0 spiro atoms. The molecule has 0 saturated carbocycles. The molecule has 3 rings (SSSR count). The van der Waals surface area contributed by atoms with Crippen LogP contribution in [0, 0.1) is 11.8 Å². The van der Waals surface area contributed by atoms with Gasteiger partial charge in [0.1, 0.15) is 0 Å². The molecule has 1 N–H and O–H groups in total. The summed E-state index contributed by atoms with van der Waals surface area (Å²) in [6, 6.07) is 8.62. The number of halogens is 2. The van der Waals surface area contributed by atoms with Gasteiger partial charge in [-0.2, -0.15) is 0 Å². The minimum absolute atomic E-state index is 0. The molecule has 2 unspecified atom stereocenters. The van der Waals surface area contributed by atoms with Crippen molar-refractivity contribution in [2.24, 2.45) is 11.8 Å². The number of para-hydroxylation sites is 1. The summed E-state index contributed by atoms with van der Waals surface area (Å²) in [5, 5.41) is 3.48. The fourth-order valence-corrected chi connectivity index (χ4v) is 3.15. The molecule has 3 nitrogen and oxygen atoms in total. The lowest BCUT2D eigenvalue weighted by Gasteiger charge is -2.22. The van der Waals surface area contributed by atoms with Crippen molar-refractivity contribution in [3.05, 3.63) is 29.8 Å². The number of hydrogen-bond acceptors (Lipinski definition) is 3. The second kappa shape index (κ2) is 7.34. The highest BCUT2D eigenvalue weighted by molar-refractivity contribution is 5.85. The Balaban J connectivity index is 0.000000902. The van der Waals surface area contributed by atoms with Gasteiger partial charge >= 0.3 is 0 Å². The highest BCUT2D eigenvalue weighted by Crippen LogP contribution is 2.32. The lowest BCUT2D eigenvalue weighted by Crippen LogP contribution is -2.26. The average molecular weight is 305 g/mol. The van der Waals surface area contributed by atoms with E-state index in [9.17, 15) is 0 Å². The second-order valence-corrected chi connectivity index (χ2v) is 5.15. The van der Waals surface area contributed by atoms with Crippen LogP contribution in [-0.4, -0.2) is 33.3 Å². The molecule has 2 fully saturated rings. The van der Waals surface area contributed by atoms with E-state index in [-0.39, 0.29) is 24.8 Å². The summed E-state index contributed by atoms with van der Waals surface area (Å²) in [7, 11) is 1.76. The number of rotatable bonds is 3. The summed E-state index contributed by atoms with van der Waals surface area (Å²) in [6.07, 6.45) is 0. The van der Waals surface area contributed by atoms with Crippen LogP contribution in [0.4, 0.5) is 5.69 Å². The Morgan fingerprint density at radius 1 is 1.16 bits per heavy atom. The van der Waals surface area contributed by atoms with Crippen LogP contribution in [0.1, 0.15) is 5.56 Å². The monoisotopic (exact) mass is 304 g/mol. The van der Waals surface area contributed by atoms with E-state index in [0.29, 0.717) is 6.61 Å². The third kappa shape index (κ3) is 3.34. The van der Waals surface area contributed by atoms with E-state index in [1.807, 2.05) is 0 Å². The average Bonchev–Trinajstić information content (AvgIpc) is 2.90. The van der Waals surface area contributed by atoms with Crippen molar-refractivity contribution in [1.29, 1.82) is 0 Å². The maximum Gasteiger partial charge on any atom is 0.0733 e. The number of methoxy groups -OCH3 is 1. The quantitative estimate of drug-likeness (QED) is 0.927. The molecule has 0 radical (unpaired) electrons. The van der Waals surface area contributed by atoms with Gasteiger partial charge in [-0.1, -0.05) is 18.2 Å². The van der Waals surface area contributed by atoms with Gasteiger partial charge in [0.15, 0.2) is 0 Å². The standard InChI is InChI=1S/C14H20N2O.2ClH/c1-17-10-11-4-2-3-5-14(11)16-8-12-6-15-7-13(12)9-16;;/h2-5,12-13,15H,6-10H2,1H3;2*1H. The van der Waals surface area contributed by atoms with Crippen LogP contribution in [0.3, 0.4) is 0 Å². The van der Waals surface area contributed by atoms with Gasteiger partial charge in [0.25, 0.3) is 0 Å². The van der Waals surface area contributed by atoms with Crippen LogP contribution >= 0.6 is 24.8 Å². The van der Waals surface area contributed by atoms with Crippen LogP contribution < -0.4 is 10.2 Å². The molecule has 2 aliphatic rings. The predicted octanol–water partition coefficient (Wildman–Crippen LogP) is 2.33. The first-order valence-corrected chi connectivity index (χ1v) is 6.41. The normalized spacial score (nSPS) is 24.6. The van der Waals surface area contributed by atoms with Crippen molar-refractivity contribution in [2.75, 3.05) is 38.2 Å². The van der Waals surface area contributed by atoms with Gasteiger partial charge in [0, 0.05) is 44.5 Å². The van der Waals surface area contributed by atoms with Gasteiger partial charge in [-0.25, -0.2) is 0 Å². The molecule has 2 heterocycles. The molecule has 2 atom stereocenters. The van der Waals surface area contributed by atoms with Gasteiger partial charge in [-0.3, -0.25) is 0 Å². The molecule has 0 amide bonds. The first kappa shape index (κ1) is 16.6. The van der Waals surface area contributed by atoms with Crippen LogP contribution in [0.2, 0.25) is 0 Å². The van der Waals surface area contributed by atoms with Crippen molar-refractivity contribution >= 4 is 30.5 Å². The summed E-state index contributed by atoms with van der Waals surface area (Å²) in [5.41, 5.74) is 2.67. The van der Waals surface area contributed by atoms with Crippen LogP contribution in [0.25, 0.3) is 0 Å². The topological polar surface area (TPSA) is 24.5 Å². The number of nitrogens with zero attached hydrogens (tertiary/aromatic N) is 1. The fraction of sp³-hybridized carbons (Fsp3) is 0.571. The van der Waals surface area contributed by atoms with Gasteiger partial charge in [-0.05, 0) is 17.9 Å². The Morgan fingerprint density at radius 3 is 2.42 bits per heavy atom. The first-order chi connectivity index (χ1) is 8.38. The summed E-state index contributed by atoms with van der Waals surface area (Å²) in [5.74, 6) is 1.68. The largest absolute Gasteiger partial charge is 0.380 e. The van der Waals surface area contributed by atoms with E-state index in [1.165, 1.54) is 37.4 Å². The number of ether oxygens (including phenoxy) is 1. The van der Waals surface area contributed by atoms with E-state index in [0.717, 1.165) is 11.8 Å². The lowest BCUT2D eigenvalue weighted by molar-refractivity contribution is 0.185. The molecule has 2 saturated heterocycles. The molecule has 5 heteroatoms. The van der Waals surface area contributed by atoms with E-state index in [2.05, 4.69) is 34.5 Å². The highest BCUT2D eigenvalue weighted by Gasteiger charge is 2.36. The Hall–Kier alpha value is -0.480. The number of benzene rings is 1. The van der Waals surface area contributed by atoms with E-state index < -0.39 is 0 Å². The smallest absolute Gasteiger partial charge is 0.0733 e. The van der Waals surface area contributed by atoms with Gasteiger partial charge in [-0.15, -0.1) is 24.8 Å². The molecular formula is C14H22Cl2N2O. The Kier molecular flexibility index (Phi) is 6.40. The predicted molar refractivity (Wildman–Crippen MR) is 83.7 cm³/mol. The van der Waals surface area contributed by atoms with E-state index in [1.54, 1.807) is 7.11 Å². The van der Waals surface area contributed by atoms with E-state index in [4.69, 9.17) is 4.74 Å². The Morgan fingerprint density at radius 2 is 1.79 bits per heavy atom. The molecule has 0 bridgehead atoms. The molecule has 2 aliphatic heterocycles. The summed E-state index contributed by atoms with van der Waals surface area (Å²) in [6.45, 7) is 5.47. The molecule has 1 aromatic carbocycles. The van der Waals surface area contributed by atoms with Crippen molar-refractivity contribution in [3.63, 3.8) is 0 Å². The zero-order chi connectivity index (χ0) is 11.7. The highest BCUT2D eigenvalue weighted by atomic mass is 35.5. The Labute approximate surface area is 127 Å². The summed E-state index contributed by atoms with van der Waals surface area (Å²) < 4.78 is 5.28. The number of fused-ring (bicyclic) bond motifs is 1. The maximum absolute atomic E-state index is 5.28. The summed E-state index contributed by atoms with van der Waals surface area (Å²) in [4.78, 5) is 2.53. The molecule has 0 aromatic heterocycles. The molecular weight excluding hydrogens is 283 g/mol. The molecule has 1 aromatic rings. The first-order valence-electron chi connectivity index (χ1n) is 6.41. The molecule has 108 valence electrons. The van der Waals surface area contributed by atoms with Crippen LogP contribution in [0.15, 0.2) is 24.3 Å². The van der Waals surface area contributed by atoms with Gasteiger partial charge in [0.05, 0.1) is 6.61 Å². The van der Waals surface area contributed by atoms with Crippen molar-refractivity contribution < 1.29 is 4.74 Å². The minimum Gasteiger partial charge on any atom is -0.380 e. The molecule has 19 heavy (non-hydrogen) atoms. The van der Waals surface area contributed by atoms with Crippen molar-refractivity contribution in [2.45, 2.75) is 6.61 Å². The van der Waals surface area contributed by atoms with Gasteiger partial charge < -0.3 is 15.0 Å². The zero-order valence-corrected chi connectivity index (χ0v) is 12.8. The number of hydrogen-bond donors (Lipinski definition) is 1. The molecule has 0 aliphatic carbocycles. The van der Waals surface area contributed by atoms with Crippen molar-refractivity contribution in [1.82, 2.24) is 5.32 Å². The minimum atomic E-state index is 0. The zero-order valence-electron chi connectivity index (χ0n) is 11.2. The third-order valence-corrected chi connectivity index (χ3v) is 4.02. The number of anilines is 1. The van der Waals surface area contributed by atoms with Crippen LogP contribution in [-0.2, 0) is 11.3 Å². The lowest BCUT2D eigenvalue weighted by atomic mass is 10.0. The fourth-order valence-electron chi connectivity index (χ4n) is 3.15.